The molecule has 0 unspecified atom stereocenters. The summed E-state index contributed by atoms with van der Waals surface area (Å²) in [6.07, 6.45) is 20.8. The number of nitrogens with one attached hydrogen (secondary N) is 1. The third kappa shape index (κ3) is 9.01. The second-order valence-electron chi connectivity index (χ2n) is 17.7. The maximum absolute atomic E-state index is 14.4. The molecular weight excluding hydrogens is 719 g/mol. The number of ketones is 2. The number of methoxy groups -OCH3 is 1. The van der Waals surface area contributed by atoms with Gasteiger partial charge in [0, 0.05) is 16.8 Å². The fourth-order valence-corrected chi connectivity index (χ4v) is 10.2. The number of rotatable bonds is 16. The average Bonchev–Trinajstić information content (AvgIpc) is 3.23. The number of benzene rings is 4. The smallest absolute Gasteiger partial charge is 0.202 e. The van der Waals surface area contributed by atoms with Gasteiger partial charge in [-0.3, -0.25) is 9.59 Å². The van der Waals surface area contributed by atoms with Gasteiger partial charge in [-0.25, -0.2) is 0 Å². The first-order chi connectivity index (χ1) is 28.2. The fourth-order valence-electron chi connectivity index (χ4n) is 10.2. The van der Waals surface area contributed by atoms with Crippen LogP contribution in [0.15, 0.2) is 60.7 Å². The minimum atomic E-state index is -0.432. The molecule has 6 heteroatoms. The summed E-state index contributed by atoms with van der Waals surface area (Å²) >= 11 is 0. The van der Waals surface area contributed by atoms with Crippen molar-refractivity contribution in [2.24, 2.45) is 17.8 Å². The molecule has 3 aliphatic rings. The lowest BCUT2D eigenvalue weighted by molar-refractivity contribution is 0.0974. The Hall–Kier alpha value is -4.58. The topological polar surface area (TPSA) is 84.9 Å². The molecule has 0 aromatic heterocycles. The summed E-state index contributed by atoms with van der Waals surface area (Å²) in [6, 6.07) is 19.5. The summed E-state index contributed by atoms with van der Waals surface area (Å²) in [5, 5.41) is 15.3. The van der Waals surface area contributed by atoms with E-state index in [0.29, 0.717) is 35.4 Å². The molecule has 308 valence electrons. The van der Waals surface area contributed by atoms with Crippen molar-refractivity contribution in [3.05, 3.63) is 99.6 Å². The van der Waals surface area contributed by atoms with Crippen LogP contribution < -0.4 is 14.8 Å². The molecule has 0 atom stereocenters. The quantitative estimate of drug-likeness (QED) is 0.0970. The predicted octanol–water partition coefficient (Wildman–Crippen LogP) is 13.8. The molecule has 0 aliphatic heterocycles. The molecule has 0 radical (unpaired) electrons. The van der Waals surface area contributed by atoms with Gasteiger partial charge in [-0.05, 0) is 147 Å². The molecule has 0 amide bonds. The van der Waals surface area contributed by atoms with E-state index in [-0.39, 0.29) is 33.8 Å². The van der Waals surface area contributed by atoms with Gasteiger partial charge in [0.05, 0.1) is 36.1 Å². The fraction of sp³-hybridized carbons (Fsp3) is 0.500. The molecule has 0 bridgehead atoms. The number of aryl methyl sites for hydroxylation is 2. The highest BCUT2D eigenvalue weighted by molar-refractivity contribution is 6.32. The van der Waals surface area contributed by atoms with Gasteiger partial charge in [0.15, 0.2) is 5.78 Å². The molecule has 0 spiro atoms. The molecule has 0 saturated heterocycles. The third-order valence-corrected chi connectivity index (χ3v) is 13.6. The van der Waals surface area contributed by atoms with Crippen LogP contribution in [0.4, 0.5) is 11.4 Å². The average molecular weight is 784 g/mol. The SMILES string of the molecule is CCCCCC1CCC(COc2c(C)cc(-c3ccc4c(c3O)C(=O)c3c(OC)ccc(Nc5ccc(C6CCC(CCCCC)CC6)cc5)c3C4=O)cc2C)CC1. The lowest BCUT2D eigenvalue weighted by Gasteiger charge is -2.29. The Labute approximate surface area is 347 Å². The van der Waals surface area contributed by atoms with Gasteiger partial charge in [0.2, 0.25) is 5.78 Å². The minimum Gasteiger partial charge on any atom is -0.507 e. The second-order valence-corrected chi connectivity index (χ2v) is 17.7. The standard InChI is InChI=1S/C52H65NO5/c1-6-8-10-12-35-14-16-37(17-15-35)32-58-52-33(3)30-40(31-34(52)4)42-26-27-43-46(49(42)54)51(56)48-45(57-5)29-28-44(47(48)50(43)55)53-41-24-22-39(23-25-41)38-20-18-36(19-21-38)13-11-9-7-2/h22-31,35-38,53-54H,6-21,32H2,1-5H3. The van der Waals surface area contributed by atoms with E-state index in [9.17, 15) is 14.7 Å². The van der Waals surface area contributed by atoms with E-state index in [0.717, 1.165) is 40.0 Å². The van der Waals surface area contributed by atoms with Crippen LogP contribution in [0.1, 0.15) is 171 Å². The molecule has 4 aromatic carbocycles. The van der Waals surface area contributed by atoms with Crippen molar-refractivity contribution in [1.29, 1.82) is 0 Å². The molecule has 0 heterocycles. The summed E-state index contributed by atoms with van der Waals surface area (Å²) in [4.78, 5) is 28.8. The summed E-state index contributed by atoms with van der Waals surface area (Å²) in [7, 11) is 1.50. The van der Waals surface area contributed by atoms with Crippen molar-refractivity contribution in [3.8, 4) is 28.4 Å². The van der Waals surface area contributed by atoms with Gasteiger partial charge in [0.1, 0.15) is 17.2 Å². The first-order valence-corrected chi connectivity index (χ1v) is 22.5. The van der Waals surface area contributed by atoms with E-state index < -0.39 is 5.78 Å². The van der Waals surface area contributed by atoms with Crippen LogP contribution in [0, 0.1) is 31.6 Å². The molecule has 3 aliphatic carbocycles. The van der Waals surface area contributed by atoms with E-state index in [1.165, 1.54) is 115 Å². The van der Waals surface area contributed by atoms with Gasteiger partial charge in [-0.2, -0.15) is 0 Å². The van der Waals surface area contributed by atoms with Crippen molar-refractivity contribution < 1.29 is 24.2 Å². The first-order valence-electron chi connectivity index (χ1n) is 22.5. The molecular formula is C52H65NO5. The number of phenols is 1. The zero-order chi connectivity index (χ0) is 40.8. The van der Waals surface area contributed by atoms with Crippen molar-refractivity contribution >= 4 is 22.9 Å². The van der Waals surface area contributed by atoms with Crippen LogP contribution in [-0.4, -0.2) is 30.4 Å². The third-order valence-electron chi connectivity index (χ3n) is 13.6. The number of carbonyl (C=O) groups excluding carboxylic acids is 2. The monoisotopic (exact) mass is 783 g/mol. The van der Waals surface area contributed by atoms with Crippen molar-refractivity contribution in [3.63, 3.8) is 0 Å². The molecule has 2 fully saturated rings. The van der Waals surface area contributed by atoms with Crippen LogP contribution in [0.3, 0.4) is 0 Å². The number of anilines is 2. The highest BCUT2D eigenvalue weighted by Gasteiger charge is 2.37. The Bertz CT molecular complexity index is 2040. The lowest BCUT2D eigenvalue weighted by Crippen LogP contribution is -2.23. The maximum Gasteiger partial charge on any atom is 0.202 e. The number of carbonyl (C=O) groups is 2. The molecule has 4 aromatic rings. The molecule has 2 N–H and O–H groups in total. The zero-order valence-corrected chi connectivity index (χ0v) is 35.7. The normalized spacial score (nSPS) is 20.4. The highest BCUT2D eigenvalue weighted by Crippen LogP contribution is 2.45. The van der Waals surface area contributed by atoms with Gasteiger partial charge >= 0.3 is 0 Å². The van der Waals surface area contributed by atoms with Gasteiger partial charge < -0.3 is 19.9 Å². The Morgan fingerprint density at radius 2 is 1.24 bits per heavy atom. The number of fused-ring (bicyclic) bond motifs is 2. The number of ether oxygens (including phenoxy) is 2. The van der Waals surface area contributed by atoms with E-state index in [2.05, 4.69) is 43.4 Å². The highest BCUT2D eigenvalue weighted by atomic mass is 16.5. The van der Waals surface area contributed by atoms with Crippen LogP contribution in [0.2, 0.25) is 0 Å². The molecule has 2 saturated carbocycles. The van der Waals surface area contributed by atoms with Gasteiger partial charge in [-0.15, -0.1) is 0 Å². The van der Waals surface area contributed by atoms with E-state index in [4.69, 9.17) is 9.47 Å². The summed E-state index contributed by atoms with van der Waals surface area (Å²) in [6.45, 7) is 9.32. The summed E-state index contributed by atoms with van der Waals surface area (Å²) in [5.74, 6) is 3.11. The van der Waals surface area contributed by atoms with Gasteiger partial charge in [0.25, 0.3) is 0 Å². The number of hydrogen-bond donors (Lipinski definition) is 2. The zero-order valence-electron chi connectivity index (χ0n) is 35.7. The first kappa shape index (κ1) is 41.6. The van der Waals surface area contributed by atoms with Crippen molar-refractivity contribution in [2.45, 2.75) is 136 Å². The molecule has 58 heavy (non-hydrogen) atoms. The maximum atomic E-state index is 14.4. The van der Waals surface area contributed by atoms with Crippen LogP contribution in [0.25, 0.3) is 11.1 Å². The van der Waals surface area contributed by atoms with Crippen molar-refractivity contribution in [1.82, 2.24) is 0 Å². The second kappa shape index (κ2) is 19.0. The Balaban J connectivity index is 1.06. The Morgan fingerprint density at radius 1 is 0.655 bits per heavy atom. The lowest BCUT2D eigenvalue weighted by atomic mass is 9.77. The summed E-state index contributed by atoms with van der Waals surface area (Å²) < 4.78 is 12.1. The molecule has 6 nitrogen and oxygen atoms in total. The minimum absolute atomic E-state index is 0.0100. The summed E-state index contributed by atoms with van der Waals surface area (Å²) in [5.41, 5.74) is 6.57. The van der Waals surface area contributed by atoms with E-state index in [1.807, 2.05) is 26.0 Å². The number of aromatic hydroxyl groups is 1. The van der Waals surface area contributed by atoms with Crippen molar-refractivity contribution in [2.75, 3.05) is 19.0 Å². The van der Waals surface area contributed by atoms with Gasteiger partial charge in [-0.1, -0.05) is 90.2 Å². The van der Waals surface area contributed by atoms with Crippen LogP contribution in [0.5, 0.6) is 17.2 Å². The van der Waals surface area contributed by atoms with E-state index in [1.54, 1.807) is 24.3 Å². The van der Waals surface area contributed by atoms with E-state index >= 15 is 0 Å². The Morgan fingerprint density at radius 3 is 1.84 bits per heavy atom. The van der Waals surface area contributed by atoms with Crippen LogP contribution in [-0.2, 0) is 0 Å². The number of phenolic OH excluding ortho intramolecular Hbond substituents is 1. The largest absolute Gasteiger partial charge is 0.507 e. The Kier molecular flexibility index (Phi) is 13.6. The molecule has 7 rings (SSSR count). The predicted molar refractivity (Wildman–Crippen MR) is 237 cm³/mol. The number of hydrogen-bond acceptors (Lipinski definition) is 6. The van der Waals surface area contributed by atoms with Crippen LogP contribution >= 0.6 is 0 Å². The number of unbranched alkanes of at least 4 members (excludes halogenated alkanes) is 4.